The summed E-state index contributed by atoms with van der Waals surface area (Å²) in [6, 6.07) is 7.20. The van der Waals surface area contributed by atoms with E-state index in [9.17, 15) is 4.39 Å². The molecule has 0 bridgehead atoms. The smallest absolute Gasteiger partial charge is 0.146 e. The Hall–Kier alpha value is -1.05. The Kier molecular flexibility index (Phi) is 4.28. The molecule has 2 fully saturated rings. The normalized spacial score (nSPS) is 28.6. The summed E-state index contributed by atoms with van der Waals surface area (Å²) in [6.07, 6.45) is 8.16. The molecule has 0 unspecified atom stereocenters. The number of piperidine rings is 1. The van der Waals surface area contributed by atoms with Gasteiger partial charge in [0.2, 0.25) is 0 Å². The van der Waals surface area contributed by atoms with E-state index in [2.05, 4.69) is 11.8 Å². The lowest BCUT2D eigenvalue weighted by atomic mass is 9.73. The molecule has 0 atom stereocenters. The van der Waals surface area contributed by atoms with Gasteiger partial charge in [-0.05, 0) is 55.6 Å². The summed E-state index contributed by atoms with van der Waals surface area (Å²) in [7, 11) is 0. The Labute approximate surface area is 122 Å². The van der Waals surface area contributed by atoms with Crippen molar-refractivity contribution < 1.29 is 4.39 Å². The summed E-state index contributed by atoms with van der Waals surface area (Å²) >= 11 is 0. The second-order valence-electron chi connectivity index (χ2n) is 6.80. The van der Waals surface area contributed by atoms with Crippen molar-refractivity contribution in [3.8, 4) is 0 Å². The van der Waals surface area contributed by atoms with Crippen LogP contribution in [0.1, 0.15) is 45.4 Å². The van der Waals surface area contributed by atoms with E-state index in [0.717, 1.165) is 36.5 Å². The predicted octanol–water partition coefficient (Wildman–Crippen LogP) is 4.87. The van der Waals surface area contributed by atoms with E-state index in [1.807, 2.05) is 12.1 Å². The third kappa shape index (κ3) is 2.99. The zero-order chi connectivity index (χ0) is 13.9. The maximum absolute atomic E-state index is 13.8. The Morgan fingerprint density at radius 1 is 0.900 bits per heavy atom. The molecule has 1 saturated carbocycles. The fourth-order valence-corrected chi connectivity index (χ4v) is 4.08. The zero-order valence-electron chi connectivity index (χ0n) is 12.5. The van der Waals surface area contributed by atoms with Gasteiger partial charge in [0.05, 0.1) is 5.69 Å². The number of benzene rings is 1. The van der Waals surface area contributed by atoms with Gasteiger partial charge in [-0.25, -0.2) is 4.39 Å². The average Bonchev–Trinajstić information content (AvgIpc) is 2.49. The van der Waals surface area contributed by atoms with Crippen LogP contribution in [0.15, 0.2) is 24.3 Å². The SMILES string of the molecule is CC1CCC(C2CCN(c3ccccc3F)CC2)CC1. The van der Waals surface area contributed by atoms with Gasteiger partial charge in [-0.3, -0.25) is 0 Å². The lowest BCUT2D eigenvalue weighted by Crippen LogP contribution is -2.37. The van der Waals surface area contributed by atoms with Crippen molar-refractivity contribution in [1.82, 2.24) is 0 Å². The second kappa shape index (κ2) is 6.15. The summed E-state index contributed by atoms with van der Waals surface area (Å²) in [5.74, 6) is 2.68. The Morgan fingerprint density at radius 2 is 1.50 bits per heavy atom. The predicted molar refractivity (Wildman–Crippen MR) is 82.5 cm³/mol. The van der Waals surface area contributed by atoms with Gasteiger partial charge in [0.15, 0.2) is 0 Å². The van der Waals surface area contributed by atoms with Gasteiger partial charge < -0.3 is 4.90 Å². The molecule has 0 N–H and O–H groups in total. The number of rotatable bonds is 2. The van der Waals surface area contributed by atoms with Crippen LogP contribution < -0.4 is 4.90 Å². The molecule has 0 spiro atoms. The molecule has 1 aliphatic heterocycles. The minimum Gasteiger partial charge on any atom is -0.369 e. The van der Waals surface area contributed by atoms with Crippen molar-refractivity contribution >= 4 is 5.69 Å². The molecule has 1 nitrogen and oxygen atoms in total. The van der Waals surface area contributed by atoms with Crippen LogP contribution in [0.3, 0.4) is 0 Å². The zero-order valence-corrected chi connectivity index (χ0v) is 12.5. The van der Waals surface area contributed by atoms with Gasteiger partial charge >= 0.3 is 0 Å². The minimum absolute atomic E-state index is 0.0718. The Bertz CT molecular complexity index is 429. The lowest BCUT2D eigenvalue weighted by molar-refractivity contribution is 0.186. The first-order valence-electron chi connectivity index (χ1n) is 8.23. The molecule has 2 aliphatic rings. The van der Waals surface area contributed by atoms with Crippen LogP contribution >= 0.6 is 0 Å². The van der Waals surface area contributed by atoms with Gasteiger partial charge in [-0.2, -0.15) is 0 Å². The molecule has 110 valence electrons. The minimum atomic E-state index is -0.0718. The van der Waals surface area contributed by atoms with Crippen LogP contribution in [0.25, 0.3) is 0 Å². The van der Waals surface area contributed by atoms with Crippen LogP contribution in [0.5, 0.6) is 0 Å². The maximum Gasteiger partial charge on any atom is 0.146 e. The molecular formula is C18H26FN. The number of para-hydroxylation sites is 1. The van der Waals surface area contributed by atoms with Gasteiger partial charge in [-0.1, -0.05) is 31.9 Å². The van der Waals surface area contributed by atoms with Crippen LogP contribution in [0, 0.1) is 23.6 Å². The first-order chi connectivity index (χ1) is 9.74. The number of halogens is 1. The molecule has 20 heavy (non-hydrogen) atoms. The Morgan fingerprint density at radius 3 is 2.15 bits per heavy atom. The quantitative estimate of drug-likeness (QED) is 0.744. The standard InChI is InChI=1S/C18H26FN/c1-14-6-8-15(9-7-14)16-10-12-20(13-11-16)18-5-3-2-4-17(18)19/h2-5,14-16H,6-13H2,1H3. The van der Waals surface area contributed by atoms with Gasteiger partial charge in [0, 0.05) is 13.1 Å². The highest BCUT2D eigenvalue weighted by atomic mass is 19.1. The molecule has 2 heteroatoms. The molecular weight excluding hydrogens is 249 g/mol. The first-order valence-corrected chi connectivity index (χ1v) is 8.23. The summed E-state index contributed by atoms with van der Waals surface area (Å²) in [5.41, 5.74) is 0.795. The first kappa shape index (κ1) is 13.9. The van der Waals surface area contributed by atoms with E-state index >= 15 is 0 Å². The van der Waals surface area contributed by atoms with E-state index in [1.165, 1.54) is 38.5 Å². The van der Waals surface area contributed by atoms with E-state index in [-0.39, 0.29) is 5.82 Å². The number of nitrogens with zero attached hydrogens (tertiary/aromatic N) is 1. The van der Waals surface area contributed by atoms with Crippen molar-refractivity contribution in [2.45, 2.75) is 45.4 Å². The van der Waals surface area contributed by atoms with Gasteiger partial charge in [0.1, 0.15) is 5.82 Å². The van der Waals surface area contributed by atoms with Crippen molar-refractivity contribution in [3.63, 3.8) is 0 Å². The van der Waals surface area contributed by atoms with Crippen molar-refractivity contribution in [2.75, 3.05) is 18.0 Å². The topological polar surface area (TPSA) is 3.24 Å². The van der Waals surface area contributed by atoms with Crippen LogP contribution in [0.4, 0.5) is 10.1 Å². The monoisotopic (exact) mass is 275 g/mol. The van der Waals surface area contributed by atoms with Crippen molar-refractivity contribution in [2.24, 2.45) is 17.8 Å². The van der Waals surface area contributed by atoms with Crippen LogP contribution in [0.2, 0.25) is 0 Å². The third-order valence-electron chi connectivity index (χ3n) is 5.46. The number of anilines is 1. The molecule has 3 rings (SSSR count). The molecule has 0 amide bonds. The average molecular weight is 275 g/mol. The highest BCUT2D eigenvalue weighted by Crippen LogP contribution is 2.38. The molecule has 1 heterocycles. The second-order valence-corrected chi connectivity index (χ2v) is 6.80. The van der Waals surface area contributed by atoms with E-state index < -0.39 is 0 Å². The summed E-state index contributed by atoms with van der Waals surface area (Å²) in [4.78, 5) is 2.23. The summed E-state index contributed by atoms with van der Waals surface area (Å²) in [6.45, 7) is 4.44. The van der Waals surface area contributed by atoms with Crippen LogP contribution in [-0.2, 0) is 0 Å². The van der Waals surface area contributed by atoms with E-state index in [1.54, 1.807) is 12.1 Å². The fraction of sp³-hybridized carbons (Fsp3) is 0.667. The van der Waals surface area contributed by atoms with E-state index in [4.69, 9.17) is 0 Å². The maximum atomic E-state index is 13.8. The van der Waals surface area contributed by atoms with Gasteiger partial charge in [-0.15, -0.1) is 0 Å². The third-order valence-corrected chi connectivity index (χ3v) is 5.46. The number of hydrogen-bond donors (Lipinski definition) is 0. The molecule has 1 saturated heterocycles. The summed E-state index contributed by atoms with van der Waals surface area (Å²) < 4.78 is 13.8. The van der Waals surface area contributed by atoms with Crippen molar-refractivity contribution in [3.05, 3.63) is 30.1 Å². The Balaban J connectivity index is 1.56. The van der Waals surface area contributed by atoms with Gasteiger partial charge in [0.25, 0.3) is 0 Å². The van der Waals surface area contributed by atoms with Crippen molar-refractivity contribution in [1.29, 1.82) is 0 Å². The van der Waals surface area contributed by atoms with Crippen LogP contribution in [-0.4, -0.2) is 13.1 Å². The molecule has 0 radical (unpaired) electrons. The lowest BCUT2D eigenvalue weighted by Gasteiger charge is -2.39. The molecule has 1 aliphatic carbocycles. The number of hydrogen-bond acceptors (Lipinski definition) is 1. The molecule has 1 aromatic carbocycles. The largest absolute Gasteiger partial charge is 0.369 e. The highest BCUT2D eigenvalue weighted by molar-refractivity contribution is 5.47. The molecule has 1 aromatic rings. The highest BCUT2D eigenvalue weighted by Gasteiger charge is 2.29. The fourth-order valence-electron chi connectivity index (χ4n) is 4.08. The molecule has 0 aromatic heterocycles. The summed E-state index contributed by atoms with van der Waals surface area (Å²) in [5, 5.41) is 0. The van der Waals surface area contributed by atoms with E-state index in [0.29, 0.717) is 0 Å².